The molecule has 0 saturated carbocycles. The molecule has 1 atom stereocenters. The van der Waals surface area contributed by atoms with Crippen LogP contribution in [0.1, 0.15) is 30.9 Å². The average molecular weight is 382 g/mol. The van der Waals surface area contributed by atoms with Crippen LogP contribution in [0.2, 0.25) is 0 Å². The summed E-state index contributed by atoms with van der Waals surface area (Å²) in [6.45, 7) is 5.75. The molecule has 1 fully saturated rings. The number of imide groups is 1. The van der Waals surface area contributed by atoms with Crippen LogP contribution in [0, 0.1) is 13.8 Å². The SMILES string of the molecule is Cc1ccc(Sc2ccc(NC(=O)C(C)N3C(=O)CCC3=O)cc2)cc1C. The first-order valence-corrected chi connectivity index (χ1v) is 9.68. The summed E-state index contributed by atoms with van der Waals surface area (Å²) >= 11 is 1.66. The summed E-state index contributed by atoms with van der Waals surface area (Å²) in [5, 5.41) is 2.77. The Balaban J connectivity index is 1.63. The van der Waals surface area contributed by atoms with E-state index in [1.165, 1.54) is 11.1 Å². The van der Waals surface area contributed by atoms with E-state index in [2.05, 4.69) is 37.4 Å². The molecule has 27 heavy (non-hydrogen) atoms. The lowest BCUT2D eigenvalue weighted by atomic mass is 10.1. The van der Waals surface area contributed by atoms with E-state index >= 15 is 0 Å². The van der Waals surface area contributed by atoms with Crippen molar-refractivity contribution in [3.8, 4) is 0 Å². The number of benzene rings is 2. The Morgan fingerprint density at radius 1 is 0.963 bits per heavy atom. The third kappa shape index (κ3) is 4.39. The van der Waals surface area contributed by atoms with Crippen LogP contribution in [0.15, 0.2) is 52.3 Å². The van der Waals surface area contributed by atoms with Crippen LogP contribution in [-0.2, 0) is 14.4 Å². The summed E-state index contributed by atoms with van der Waals surface area (Å²) in [4.78, 5) is 39.2. The second kappa shape index (κ2) is 7.96. The Morgan fingerprint density at radius 3 is 2.15 bits per heavy atom. The molecule has 1 N–H and O–H groups in total. The molecule has 140 valence electrons. The summed E-state index contributed by atoms with van der Waals surface area (Å²) in [7, 11) is 0. The number of carbonyl (C=O) groups excluding carboxylic acids is 3. The lowest BCUT2D eigenvalue weighted by Crippen LogP contribution is -2.44. The first kappa shape index (κ1) is 19.2. The zero-order valence-electron chi connectivity index (χ0n) is 15.6. The smallest absolute Gasteiger partial charge is 0.247 e. The number of likely N-dealkylation sites (tertiary alicyclic amines) is 1. The molecule has 5 nitrogen and oxygen atoms in total. The van der Waals surface area contributed by atoms with Gasteiger partial charge in [0.2, 0.25) is 17.7 Å². The van der Waals surface area contributed by atoms with Crippen LogP contribution in [0.4, 0.5) is 5.69 Å². The molecule has 1 aliphatic rings. The van der Waals surface area contributed by atoms with Crippen molar-refractivity contribution in [1.29, 1.82) is 0 Å². The Hall–Kier alpha value is -2.60. The molecule has 1 heterocycles. The van der Waals surface area contributed by atoms with Crippen molar-refractivity contribution >= 4 is 35.2 Å². The predicted molar refractivity (Wildman–Crippen MR) is 106 cm³/mol. The van der Waals surface area contributed by atoms with Gasteiger partial charge in [0.25, 0.3) is 0 Å². The standard InChI is InChI=1S/C21H22N2O3S/c1-13-4-7-18(12-14(13)2)27-17-8-5-16(6-9-17)22-21(26)15(3)23-19(24)10-11-20(23)25/h4-9,12,15H,10-11H2,1-3H3,(H,22,26). The van der Waals surface area contributed by atoms with Crippen molar-refractivity contribution in [3.05, 3.63) is 53.6 Å². The van der Waals surface area contributed by atoms with E-state index in [4.69, 9.17) is 0 Å². The van der Waals surface area contributed by atoms with E-state index < -0.39 is 6.04 Å². The normalized spacial score (nSPS) is 15.1. The maximum Gasteiger partial charge on any atom is 0.247 e. The van der Waals surface area contributed by atoms with Crippen LogP contribution in [0.25, 0.3) is 0 Å². The predicted octanol–water partition coefficient (Wildman–Crippen LogP) is 3.93. The number of anilines is 1. The quantitative estimate of drug-likeness (QED) is 0.796. The van der Waals surface area contributed by atoms with Crippen molar-refractivity contribution in [2.24, 2.45) is 0 Å². The fraction of sp³-hybridized carbons (Fsp3) is 0.286. The van der Waals surface area contributed by atoms with Gasteiger partial charge in [-0.2, -0.15) is 0 Å². The number of nitrogens with one attached hydrogen (secondary N) is 1. The highest BCUT2D eigenvalue weighted by atomic mass is 32.2. The van der Waals surface area contributed by atoms with Gasteiger partial charge in [0.15, 0.2) is 0 Å². The molecule has 1 aliphatic heterocycles. The summed E-state index contributed by atoms with van der Waals surface area (Å²) in [6.07, 6.45) is 0.363. The minimum absolute atomic E-state index is 0.181. The molecule has 1 unspecified atom stereocenters. The van der Waals surface area contributed by atoms with E-state index in [1.807, 2.05) is 24.3 Å². The lowest BCUT2D eigenvalue weighted by molar-refractivity contribution is -0.144. The Kier molecular flexibility index (Phi) is 5.65. The number of carbonyl (C=O) groups is 3. The van der Waals surface area contributed by atoms with E-state index in [1.54, 1.807) is 18.7 Å². The maximum absolute atomic E-state index is 12.4. The topological polar surface area (TPSA) is 66.5 Å². The van der Waals surface area contributed by atoms with E-state index in [0.29, 0.717) is 5.69 Å². The fourth-order valence-electron chi connectivity index (χ4n) is 2.91. The van der Waals surface area contributed by atoms with Gasteiger partial charge >= 0.3 is 0 Å². The number of hydrogen-bond acceptors (Lipinski definition) is 4. The zero-order valence-corrected chi connectivity index (χ0v) is 16.4. The minimum Gasteiger partial charge on any atom is -0.324 e. The molecule has 2 aromatic carbocycles. The number of amides is 3. The molecule has 0 spiro atoms. The van der Waals surface area contributed by atoms with Crippen molar-refractivity contribution < 1.29 is 14.4 Å². The average Bonchev–Trinajstić information content (AvgIpc) is 2.97. The Bertz CT molecular complexity index is 877. The van der Waals surface area contributed by atoms with Gasteiger partial charge in [-0.15, -0.1) is 0 Å². The van der Waals surface area contributed by atoms with E-state index in [0.717, 1.165) is 14.7 Å². The molecule has 0 aliphatic carbocycles. The van der Waals surface area contributed by atoms with E-state index in [-0.39, 0.29) is 30.6 Å². The Labute approximate surface area is 163 Å². The third-order valence-electron chi connectivity index (χ3n) is 4.69. The number of nitrogens with zero attached hydrogens (tertiary/aromatic N) is 1. The molecule has 3 rings (SSSR count). The first-order chi connectivity index (χ1) is 12.8. The first-order valence-electron chi connectivity index (χ1n) is 8.86. The second-order valence-corrected chi connectivity index (χ2v) is 7.84. The highest BCUT2D eigenvalue weighted by molar-refractivity contribution is 7.99. The van der Waals surface area contributed by atoms with Crippen molar-refractivity contribution in [2.45, 2.75) is 49.4 Å². The summed E-state index contributed by atoms with van der Waals surface area (Å²) in [5.74, 6) is -0.946. The van der Waals surface area contributed by atoms with Gasteiger partial charge in [0.05, 0.1) is 0 Å². The van der Waals surface area contributed by atoms with Crippen molar-refractivity contribution in [2.75, 3.05) is 5.32 Å². The fourth-order valence-corrected chi connectivity index (χ4v) is 3.83. The van der Waals surface area contributed by atoms with Crippen molar-refractivity contribution in [1.82, 2.24) is 4.90 Å². The van der Waals surface area contributed by atoms with Gasteiger partial charge in [-0.25, -0.2) is 0 Å². The lowest BCUT2D eigenvalue weighted by Gasteiger charge is -2.21. The van der Waals surface area contributed by atoms with Crippen molar-refractivity contribution in [3.63, 3.8) is 0 Å². The third-order valence-corrected chi connectivity index (χ3v) is 5.69. The molecule has 3 amide bonds. The zero-order chi connectivity index (χ0) is 19.6. The molecule has 0 aromatic heterocycles. The molecule has 6 heteroatoms. The van der Waals surface area contributed by atoms with Crippen LogP contribution >= 0.6 is 11.8 Å². The van der Waals surface area contributed by atoms with Gasteiger partial charge in [-0.05, 0) is 68.3 Å². The summed E-state index contributed by atoms with van der Waals surface area (Å²) in [6, 6.07) is 13.1. The molecule has 2 aromatic rings. The number of rotatable bonds is 5. The van der Waals surface area contributed by atoms with Crippen LogP contribution < -0.4 is 5.32 Å². The highest BCUT2D eigenvalue weighted by Gasteiger charge is 2.36. The van der Waals surface area contributed by atoms with E-state index in [9.17, 15) is 14.4 Å². The van der Waals surface area contributed by atoms with Crippen LogP contribution in [-0.4, -0.2) is 28.7 Å². The molecular weight excluding hydrogens is 360 g/mol. The largest absolute Gasteiger partial charge is 0.324 e. The molecular formula is C21H22N2O3S. The molecule has 1 saturated heterocycles. The van der Waals surface area contributed by atoms with Gasteiger partial charge in [-0.1, -0.05) is 17.8 Å². The molecule has 0 bridgehead atoms. The van der Waals surface area contributed by atoms with Gasteiger partial charge < -0.3 is 5.32 Å². The van der Waals surface area contributed by atoms with Gasteiger partial charge in [0, 0.05) is 28.3 Å². The van der Waals surface area contributed by atoms with Gasteiger partial charge in [-0.3, -0.25) is 19.3 Å². The Morgan fingerprint density at radius 2 is 1.56 bits per heavy atom. The summed E-state index contributed by atoms with van der Waals surface area (Å²) in [5.41, 5.74) is 3.15. The minimum atomic E-state index is -0.808. The monoisotopic (exact) mass is 382 g/mol. The summed E-state index contributed by atoms with van der Waals surface area (Å²) < 4.78 is 0. The highest BCUT2D eigenvalue weighted by Crippen LogP contribution is 2.30. The molecule has 0 radical (unpaired) electrons. The van der Waals surface area contributed by atoms with Crippen LogP contribution in [0.5, 0.6) is 0 Å². The number of hydrogen-bond donors (Lipinski definition) is 1. The second-order valence-electron chi connectivity index (χ2n) is 6.70. The van der Waals surface area contributed by atoms with Gasteiger partial charge in [0.1, 0.15) is 6.04 Å². The van der Waals surface area contributed by atoms with Crippen LogP contribution in [0.3, 0.4) is 0 Å². The number of aryl methyl sites for hydroxylation is 2. The maximum atomic E-state index is 12.4.